The molecule has 0 bridgehead atoms. The van der Waals surface area contributed by atoms with Crippen LogP contribution in [0.1, 0.15) is 35.7 Å². The quantitative estimate of drug-likeness (QED) is 0.683. The standard InChI is InChI=1S/C21H22N4O/c1-16-6-4-7-17(14-16)10-11-20(26)24-12-5-8-18(15-24)21-23-22-19-9-2-3-13-25(19)21/h2-4,6-7,9-11,13-14,18H,5,8,12,15H2,1H3. The largest absolute Gasteiger partial charge is 0.338 e. The lowest BCUT2D eigenvalue weighted by atomic mass is 9.97. The van der Waals surface area contributed by atoms with Crippen molar-refractivity contribution in [2.45, 2.75) is 25.7 Å². The minimum Gasteiger partial charge on any atom is -0.338 e. The first kappa shape index (κ1) is 16.5. The fourth-order valence-electron chi connectivity index (χ4n) is 3.57. The maximum atomic E-state index is 12.6. The Hall–Kier alpha value is -2.95. The van der Waals surface area contributed by atoms with E-state index in [1.54, 1.807) is 6.08 Å². The maximum Gasteiger partial charge on any atom is 0.246 e. The van der Waals surface area contributed by atoms with Crippen LogP contribution in [0, 0.1) is 6.92 Å². The van der Waals surface area contributed by atoms with E-state index in [1.807, 2.05) is 51.9 Å². The number of carbonyl (C=O) groups is 1. The molecule has 0 aliphatic carbocycles. The van der Waals surface area contributed by atoms with E-state index in [2.05, 4.69) is 29.3 Å². The Kier molecular flexibility index (Phi) is 4.52. The van der Waals surface area contributed by atoms with E-state index in [4.69, 9.17) is 0 Å². The molecule has 4 rings (SSSR count). The number of hydrogen-bond donors (Lipinski definition) is 0. The van der Waals surface area contributed by atoms with Crippen molar-refractivity contribution in [3.8, 4) is 0 Å². The number of benzene rings is 1. The highest BCUT2D eigenvalue weighted by atomic mass is 16.2. The van der Waals surface area contributed by atoms with Crippen molar-refractivity contribution >= 4 is 17.6 Å². The van der Waals surface area contributed by atoms with Gasteiger partial charge in [0.15, 0.2) is 5.65 Å². The molecule has 3 aromatic rings. The Bertz CT molecular complexity index is 959. The first-order chi connectivity index (χ1) is 12.7. The molecule has 132 valence electrons. The minimum absolute atomic E-state index is 0.0602. The van der Waals surface area contributed by atoms with Crippen LogP contribution in [-0.2, 0) is 4.79 Å². The minimum atomic E-state index is 0.0602. The summed E-state index contributed by atoms with van der Waals surface area (Å²) in [6.07, 6.45) is 7.57. The van der Waals surface area contributed by atoms with Gasteiger partial charge in [0.2, 0.25) is 5.91 Å². The summed E-state index contributed by atoms with van der Waals surface area (Å²) >= 11 is 0. The normalized spacial score (nSPS) is 17.9. The molecule has 0 saturated carbocycles. The molecular weight excluding hydrogens is 324 g/mol. The predicted molar refractivity (Wildman–Crippen MR) is 102 cm³/mol. The van der Waals surface area contributed by atoms with E-state index in [0.717, 1.165) is 36.4 Å². The topological polar surface area (TPSA) is 50.5 Å². The summed E-state index contributed by atoms with van der Waals surface area (Å²) in [5.74, 6) is 1.23. The third-order valence-corrected chi connectivity index (χ3v) is 4.90. The lowest BCUT2D eigenvalue weighted by Gasteiger charge is -2.31. The van der Waals surface area contributed by atoms with Gasteiger partial charge in [-0.1, -0.05) is 35.9 Å². The van der Waals surface area contributed by atoms with Gasteiger partial charge in [-0.15, -0.1) is 10.2 Å². The molecule has 1 amide bonds. The zero-order valence-electron chi connectivity index (χ0n) is 14.9. The van der Waals surface area contributed by atoms with E-state index in [-0.39, 0.29) is 11.8 Å². The second-order valence-electron chi connectivity index (χ2n) is 6.86. The molecule has 1 aromatic carbocycles. The van der Waals surface area contributed by atoms with Gasteiger partial charge in [0, 0.05) is 31.3 Å². The van der Waals surface area contributed by atoms with Crippen LogP contribution < -0.4 is 0 Å². The number of piperidine rings is 1. The van der Waals surface area contributed by atoms with E-state index in [1.165, 1.54) is 5.56 Å². The summed E-state index contributed by atoms with van der Waals surface area (Å²) in [7, 11) is 0. The molecule has 1 fully saturated rings. The van der Waals surface area contributed by atoms with Gasteiger partial charge in [0.25, 0.3) is 0 Å². The molecule has 1 aliphatic rings. The van der Waals surface area contributed by atoms with Crippen molar-refractivity contribution in [3.63, 3.8) is 0 Å². The number of hydrogen-bond acceptors (Lipinski definition) is 3. The highest BCUT2D eigenvalue weighted by molar-refractivity contribution is 5.91. The van der Waals surface area contributed by atoms with Crippen LogP contribution in [0.2, 0.25) is 0 Å². The average molecular weight is 346 g/mol. The molecule has 5 nitrogen and oxygen atoms in total. The molecule has 3 heterocycles. The number of pyridine rings is 1. The van der Waals surface area contributed by atoms with Gasteiger partial charge in [-0.05, 0) is 43.5 Å². The number of nitrogens with zero attached hydrogens (tertiary/aromatic N) is 4. The molecular formula is C21H22N4O. The zero-order valence-corrected chi connectivity index (χ0v) is 14.9. The molecule has 2 aromatic heterocycles. The number of aryl methyl sites for hydroxylation is 1. The summed E-state index contributed by atoms with van der Waals surface area (Å²) in [5, 5.41) is 8.62. The highest BCUT2D eigenvalue weighted by Gasteiger charge is 2.26. The number of amides is 1. The number of carbonyl (C=O) groups excluding carboxylic acids is 1. The van der Waals surface area contributed by atoms with Crippen LogP contribution in [0.25, 0.3) is 11.7 Å². The van der Waals surface area contributed by atoms with Crippen LogP contribution in [0.5, 0.6) is 0 Å². The summed E-state index contributed by atoms with van der Waals surface area (Å²) in [6, 6.07) is 14.0. The maximum absolute atomic E-state index is 12.6. The van der Waals surface area contributed by atoms with Gasteiger partial charge in [0.05, 0.1) is 0 Å². The lowest BCUT2D eigenvalue weighted by molar-refractivity contribution is -0.127. The van der Waals surface area contributed by atoms with Crippen molar-refractivity contribution in [2.75, 3.05) is 13.1 Å². The average Bonchev–Trinajstić information content (AvgIpc) is 3.10. The SMILES string of the molecule is Cc1cccc(C=CC(=O)N2CCCC(c3nnc4ccccn34)C2)c1. The van der Waals surface area contributed by atoms with Crippen molar-refractivity contribution < 1.29 is 4.79 Å². The number of fused-ring (bicyclic) bond motifs is 1. The molecule has 0 radical (unpaired) electrons. The first-order valence-corrected chi connectivity index (χ1v) is 9.04. The summed E-state index contributed by atoms with van der Waals surface area (Å²) in [5.41, 5.74) is 3.09. The van der Waals surface area contributed by atoms with Crippen molar-refractivity contribution in [1.29, 1.82) is 0 Å². The molecule has 1 unspecified atom stereocenters. The summed E-state index contributed by atoms with van der Waals surface area (Å²) in [4.78, 5) is 14.6. The Balaban J connectivity index is 1.49. The van der Waals surface area contributed by atoms with Crippen LogP contribution in [0.3, 0.4) is 0 Å². The molecule has 5 heteroatoms. The van der Waals surface area contributed by atoms with E-state index >= 15 is 0 Å². The fourth-order valence-corrected chi connectivity index (χ4v) is 3.57. The molecule has 0 N–H and O–H groups in total. The van der Waals surface area contributed by atoms with E-state index < -0.39 is 0 Å². The summed E-state index contributed by atoms with van der Waals surface area (Å²) in [6.45, 7) is 3.54. The highest BCUT2D eigenvalue weighted by Crippen LogP contribution is 2.26. The number of likely N-dealkylation sites (tertiary alicyclic amines) is 1. The van der Waals surface area contributed by atoms with Crippen LogP contribution in [0.4, 0.5) is 0 Å². The zero-order chi connectivity index (χ0) is 17.9. The smallest absolute Gasteiger partial charge is 0.246 e. The van der Waals surface area contributed by atoms with Crippen molar-refractivity contribution in [3.05, 3.63) is 71.7 Å². The monoisotopic (exact) mass is 346 g/mol. The Morgan fingerprint density at radius 2 is 2.12 bits per heavy atom. The van der Waals surface area contributed by atoms with Gasteiger partial charge < -0.3 is 4.90 Å². The van der Waals surface area contributed by atoms with Crippen molar-refractivity contribution in [2.24, 2.45) is 0 Å². The van der Waals surface area contributed by atoms with Crippen molar-refractivity contribution in [1.82, 2.24) is 19.5 Å². The number of rotatable bonds is 3. The van der Waals surface area contributed by atoms with Gasteiger partial charge in [0.1, 0.15) is 5.82 Å². The predicted octanol–water partition coefficient (Wildman–Crippen LogP) is 3.46. The van der Waals surface area contributed by atoms with Gasteiger partial charge in [-0.2, -0.15) is 0 Å². The molecule has 0 spiro atoms. The molecule has 1 atom stereocenters. The Morgan fingerprint density at radius 3 is 3.00 bits per heavy atom. The lowest BCUT2D eigenvalue weighted by Crippen LogP contribution is -2.38. The number of aromatic nitrogens is 3. The van der Waals surface area contributed by atoms with Gasteiger partial charge in [-0.3, -0.25) is 9.20 Å². The fraction of sp³-hybridized carbons (Fsp3) is 0.286. The third-order valence-electron chi connectivity index (χ3n) is 4.90. The first-order valence-electron chi connectivity index (χ1n) is 9.04. The Morgan fingerprint density at radius 1 is 1.19 bits per heavy atom. The third kappa shape index (κ3) is 3.38. The summed E-state index contributed by atoms with van der Waals surface area (Å²) < 4.78 is 2.03. The molecule has 1 aliphatic heterocycles. The molecule has 1 saturated heterocycles. The second-order valence-corrected chi connectivity index (χ2v) is 6.86. The van der Waals surface area contributed by atoms with E-state index in [0.29, 0.717) is 6.54 Å². The van der Waals surface area contributed by atoms with Gasteiger partial charge in [-0.25, -0.2) is 0 Å². The second kappa shape index (κ2) is 7.12. The van der Waals surface area contributed by atoms with Gasteiger partial charge >= 0.3 is 0 Å². The van der Waals surface area contributed by atoms with E-state index in [9.17, 15) is 4.79 Å². The van der Waals surface area contributed by atoms with Crippen LogP contribution in [-0.4, -0.2) is 38.5 Å². The Labute approximate surface area is 153 Å². The van der Waals surface area contributed by atoms with Crippen LogP contribution in [0.15, 0.2) is 54.7 Å². The van der Waals surface area contributed by atoms with Crippen LogP contribution >= 0.6 is 0 Å². The molecule has 26 heavy (non-hydrogen) atoms.